The summed E-state index contributed by atoms with van der Waals surface area (Å²) >= 11 is 0. The predicted molar refractivity (Wildman–Crippen MR) is 56.1 cm³/mol. The Morgan fingerprint density at radius 1 is 1.43 bits per heavy atom. The van der Waals surface area contributed by atoms with Gasteiger partial charge in [0.2, 0.25) is 0 Å². The van der Waals surface area contributed by atoms with Crippen molar-refractivity contribution in [3.05, 3.63) is 0 Å². The third-order valence-electron chi connectivity index (χ3n) is 3.21. The lowest BCUT2D eigenvalue weighted by Crippen LogP contribution is -2.56. The lowest BCUT2D eigenvalue weighted by molar-refractivity contribution is -0.155. The van der Waals surface area contributed by atoms with E-state index in [0.29, 0.717) is 6.04 Å². The number of ether oxygens (including phenoxy) is 1. The SMILES string of the molecule is COC(=O)C(C)(C)N1CCCC[C@H]1C. The normalized spacial score (nSPS) is 24.7. The van der Waals surface area contributed by atoms with E-state index in [-0.39, 0.29) is 5.97 Å². The van der Waals surface area contributed by atoms with Gasteiger partial charge in [0.1, 0.15) is 5.54 Å². The molecule has 82 valence electrons. The average Bonchev–Trinajstić information content (AvgIpc) is 2.17. The molecule has 1 atom stereocenters. The number of hydrogen-bond donors (Lipinski definition) is 0. The zero-order valence-corrected chi connectivity index (χ0v) is 9.67. The van der Waals surface area contributed by atoms with Gasteiger partial charge >= 0.3 is 5.97 Å². The molecule has 0 aromatic carbocycles. The molecule has 0 aromatic rings. The van der Waals surface area contributed by atoms with E-state index in [9.17, 15) is 4.79 Å². The summed E-state index contributed by atoms with van der Waals surface area (Å²) in [5, 5.41) is 0. The van der Waals surface area contributed by atoms with Crippen LogP contribution in [0, 0.1) is 0 Å². The second kappa shape index (κ2) is 4.30. The standard InChI is InChI=1S/C11H21NO2/c1-9-7-5-6-8-12(9)11(2,3)10(13)14-4/h9H,5-8H2,1-4H3/t9-/m1/s1. The number of hydrogen-bond acceptors (Lipinski definition) is 3. The number of likely N-dealkylation sites (tertiary alicyclic amines) is 1. The second-order valence-corrected chi connectivity index (χ2v) is 4.59. The van der Waals surface area contributed by atoms with E-state index in [1.807, 2.05) is 13.8 Å². The van der Waals surface area contributed by atoms with Gasteiger partial charge in [0.05, 0.1) is 7.11 Å². The van der Waals surface area contributed by atoms with Gasteiger partial charge in [-0.15, -0.1) is 0 Å². The molecule has 1 aliphatic rings. The molecule has 3 heteroatoms. The second-order valence-electron chi connectivity index (χ2n) is 4.59. The molecule has 14 heavy (non-hydrogen) atoms. The Balaban J connectivity index is 2.73. The topological polar surface area (TPSA) is 29.5 Å². The maximum absolute atomic E-state index is 11.6. The molecule has 0 radical (unpaired) electrons. The molecule has 1 saturated heterocycles. The fraction of sp³-hybridized carbons (Fsp3) is 0.909. The van der Waals surface area contributed by atoms with Crippen LogP contribution in [0.2, 0.25) is 0 Å². The molecular formula is C11H21NO2. The fourth-order valence-corrected chi connectivity index (χ4v) is 2.30. The Labute approximate surface area is 86.4 Å². The molecule has 1 aliphatic heterocycles. The molecule has 1 rings (SSSR count). The summed E-state index contributed by atoms with van der Waals surface area (Å²) in [4.78, 5) is 13.9. The Hall–Kier alpha value is -0.570. The number of piperidine rings is 1. The number of carbonyl (C=O) groups excluding carboxylic acids is 1. The summed E-state index contributed by atoms with van der Waals surface area (Å²) in [7, 11) is 1.46. The number of methoxy groups -OCH3 is 1. The highest BCUT2D eigenvalue weighted by molar-refractivity contribution is 5.79. The molecule has 0 amide bonds. The van der Waals surface area contributed by atoms with Gasteiger partial charge in [-0.25, -0.2) is 0 Å². The zero-order chi connectivity index (χ0) is 10.8. The number of esters is 1. The molecule has 0 unspecified atom stereocenters. The van der Waals surface area contributed by atoms with Crippen LogP contribution in [-0.2, 0) is 9.53 Å². The lowest BCUT2D eigenvalue weighted by Gasteiger charge is -2.43. The number of rotatable bonds is 2. The van der Waals surface area contributed by atoms with Gasteiger partial charge in [0.25, 0.3) is 0 Å². The molecule has 1 heterocycles. The lowest BCUT2D eigenvalue weighted by atomic mass is 9.94. The first-order valence-corrected chi connectivity index (χ1v) is 5.35. The van der Waals surface area contributed by atoms with E-state index in [0.717, 1.165) is 6.54 Å². The summed E-state index contributed by atoms with van der Waals surface area (Å²) in [5.74, 6) is -0.133. The monoisotopic (exact) mass is 199 g/mol. The first-order valence-electron chi connectivity index (χ1n) is 5.35. The smallest absolute Gasteiger partial charge is 0.325 e. The maximum Gasteiger partial charge on any atom is 0.325 e. The molecule has 0 saturated carbocycles. The summed E-state index contributed by atoms with van der Waals surface area (Å²) in [6.45, 7) is 7.08. The van der Waals surface area contributed by atoms with Crippen LogP contribution < -0.4 is 0 Å². The van der Waals surface area contributed by atoms with E-state index in [2.05, 4.69) is 11.8 Å². The first-order chi connectivity index (χ1) is 6.50. The highest BCUT2D eigenvalue weighted by Crippen LogP contribution is 2.26. The highest BCUT2D eigenvalue weighted by Gasteiger charge is 2.39. The van der Waals surface area contributed by atoms with Crippen molar-refractivity contribution in [2.45, 2.75) is 51.6 Å². The number of carbonyl (C=O) groups is 1. The van der Waals surface area contributed by atoms with Gasteiger partial charge in [-0.05, 0) is 40.2 Å². The molecule has 0 bridgehead atoms. The van der Waals surface area contributed by atoms with Crippen molar-refractivity contribution in [3.8, 4) is 0 Å². The summed E-state index contributed by atoms with van der Waals surface area (Å²) in [6, 6.07) is 0.484. The van der Waals surface area contributed by atoms with E-state index >= 15 is 0 Å². The molecule has 0 aliphatic carbocycles. The minimum atomic E-state index is -0.478. The van der Waals surface area contributed by atoms with Crippen LogP contribution in [0.15, 0.2) is 0 Å². The summed E-state index contributed by atoms with van der Waals surface area (Å²) < 4.78 is 4.84. The summed E-state index contributed by atoms with van der Waals surface area (Å²) in [6.07, 6.45) is 3.64. The van der Waals surface area contributed by atoms with Crippen molar-refractivity contribution in [2.75, 3.05) is 13.7 Å². The predicted octanol–water partition coefficient (Wildman–Crippen LogP) is 1.81. The van der Waals surface area contributed by atoms with Crippen LogP contribution in [0.1, 0.15) is 40.0 Å². The van der Waals surface area contributed by atoms with Gasteiger partial charge in [-0.1, -0.05) is 6.42 Å². The summed E-state index contributed by atoms with van der Waals surface area (Å²) in [5.41, 5.74) is -0.478. The van der Waals surface area contributed by atoms with Crippen molar-refractivity contribution in [3.63, 3.8) is 0 Å². The van der Waals surface area contributed by atoms with E-state index < -0.39 is 5.54 Å². The first kappa shape index (κ1) is 11.5. The molecule has 3 nitrogen and oxygen atoms in total. The van der Waals surface area contributed by atoms with Crippen molar-refractivity contribution >= 4 is 5.97 Å². The van der Waals surface area contributed by atoms with Gasteiger partial charge in [-0.2, -0.15) is 0 Å². The van der Waals surface area contributed by atoms with Crippen LogP contribution in [0.25, 0.3) is 0 Å². The highest BCUT2D eigenvalue weighted by atomic mass is 16.5. The Morgan fingerprint density at radius 3 is 2.57 bits per heavy atom. The van der Waals surface area contributed by atoms with Crippen LogP contribution in [-0.4, -0.2) is 36.1 Å². The van der Waals surface area contributed by atoms with Gasteiger partial charge in [-0.3, -0.25) is 9.69 Å². The minimum absolute atomic E-state index is 0.133. The molecule has 0 spiro atoms. The van der Waals surface area contributed by atoms with Crippen LogP contribution in [0.5, 0.6) is 0 Å². The van der Waals surface area contributed by atoms with E-state index in [1.165, 1.54) is 26.4 Å². The molecule has 0 aromatic heterocycles. The average molecular weight is 199 g/mol. The number of nitrogens with zero attached hydrogens (tertiary/aromatic N) is 1. The molecule has 0 N–H and O–H groups in total. The maximum atomic E-state index is 11.6. The Morgan fingerprint density at radius 2 is 2.07 bits per heavy atom. The molecular weight excluding hydrogens is 178 g/mol. The van der Waals surface area contributed by atoms with Crippen molar-refractivity contribution < 1.29 is 9.53 Å². The Bertz CT molecular complexity index is 213. The third-order valence-corrected chi connectivity index (χ3v) is 3.21. The van der Waals surface area contributed by atoms with E-state index in [1.54, 1.807) is 0 Å². The zero-order valence-electron chi connectivity index (χ0n) is 9.67. The Kier molecular flexibility index (Phi) is 3.53. The largest absolute Gasteiger partial charge is 0.468 e. The third kappa shape index (κ3) is 2.08. The van der Waals surface area contributed by atoms with Crippen molar-refractivity contribution in [1.29, 1.82) is 0 Å². The van der Waals surface area contributed by atoms with Gasteiger partial charge < -0.3 is 4.74 Å². The van der Waals surface area contributed by atoms with Gasteiger partial charge in [0, 0.05) is 6.04 Å². The van der Waals surface area contributed by atoms with Crippen LogP contribution in [0.3, 0.4) is 0 Å². The fourth-order valence-electron chi connectivity index (χ4n) is 2.30. The molecule has 1 fully saturated rings. The van der Waals surface area contributed by atoms with Crippen molar-refractivity contribution in [2.24, 2.45) is 0 Å². The quantitative estimate of drug-likeness (QED) is 0.635. The minimum Gasteiger partial charge on any atom is -0.468 e. The van der Waals surface area contributed by atoms with Crippen molar-refractivity contribution in [1.82, 2.24) is 4.90 Å². The van der Waals surface area contributed by atoms with E-state index in [4.69, 9.17) is 4.74 Å². The van der Waals surface area contributed by atoms with Gasteiger partial charge in [0.15, 0.2) is 0 Å². The van der Waals surface area contributed by atoms with Crippen LogP contribution in [0.4, 0.5) is 0 Å². The van der Waals surface area contributed by atoms with Crippen LogP contribution >= 0.6 is 0 Å².